The molecule has 3 rings (SSSR count). The van der Waals surface area contributed by atoms with E-state index in [1.54, 1.807) is 30.3 Å². The van der Waals surface area contributed by atoms with Gasteiger partial charge in [0.25, 0.3) is 11.6 Å². The molecule has 0 saturated carbocycles. The zero-order valence-corrected chi connectivity index (χ0v) is 12.9. The molecule has 1 aromatic heterocycles. The monoisotopic (exact) mass is 343 g/mol. The lowest BCUT2D eigenvalue weighted by Crippen LogP contribution is -2.12. The van der Waals surface area contributed by atoms with Crippen LogP contribution in [0.5, 0.6) is 0 Å². The van der Waals surface area contributed by atoms with Crippen LogP contribution in [0, 0.1) is 10.1 Å². The topological polar surface area (TPSA) is 98.3 Å². The summed E-state index contributed by atoms with van der Waals surface area (Å²) in [5.74, 6) is -0.192. The molecular weight excluding hydrogens is 334 g/mol. The quantitative estimate of drug-likeness (QED) is 0.566. The van der Waals surface area contributed by atoms with E-state index in [9.17, 15) is 14.9 Å². The summed E-state index contributed by atoms with van der Waals surface area (Å²) in [4.78, 5) is 22.4. The van der Waals surface area contributed by atoms with E-state index < -0.39 is 10.8 Å². The Kier molecular flexibility index (Phi) is 4.26. The first-order valence-corrected chi connectivity index (χ1v) is 7.20. The molecule has 1 N–H and O–H groups in total. The van der Waals surface area contributed by atoms with E-state index >= 15 is 0 Å². The molecule has 0 aliphatic rings. The van der Waals surface area contributed by atoms with Crippen LogP contribution in [0.25, 0.3) is 11.3 Å². The maximum absolute atomic E-state index is 12.2. The number of carbonyl (C=O) groups excluding carboxylic acids is 1. The van der Waals surface area contributed by atoms with Crippen molar-refractivity contribution in [3.63, 3.8) is 0 Å². The second-order valence-electron chi connectivity index (χ2n) is 4.82. The highest BCUT2D eigenvalue weighted by molar-refractivity contribution is 6.33. The fourth-order valence-corrected chi connectivity index (χ4v) is 2.29. The normalized spacial score (nSPS) is 10.4. The van der Waals surface area contributed by atoms with Crippen molar-refractivity contribution in [1.29, 1.82) is 0 Å². The predicted octanol–water partition coefficient (Wildman–Crippen LogP) is 4.16. The lowest BCUT2D eigenvalue weighted by Gasteiger charge is -2.02. The number of nitro groups is 1. The fraction of sp³-hybridized carbons (Fsp3) is 0. The van der Waals surface area contributed by atoms with Gasteiger partial charge >= 0.3 is 0 Å². The highest BCUT2D eigenvalue weighted by Crippen LogP contribution is 2.28. The van der Waals surface area contributed by atoms with Gasteiger partial charge in [-0.15, -0.1) is 0 Å². The van der Waals surface area contributed by atoms with Crippen molar-refractivity contribution in [1.82, 2.24) is 5.16 Å². The lowest BCUT2D eigenvalue weighted by molar-refractivity contribution is -0.384. The zero-order chi connectivity index (χ0) is 17.1. The number of rotatable bonds is 4. The van der Waals surface area contributed by atoms with Crippen LogP contribution in [0.1, 0.15) is 10.5 Å². The average molecular weight is 344 g/mol. The average Bonchev–Trinajstić information content (AvgIpc) is 3.05. The fourth-order valence-electron chi connectivity index (χ4n) is 2.06. The highest BCUT2D eigenvalue weighted by atomic mass is 35.5. The summed E-state index contributed by atoms with van der Waals surface area (Å²) < 4.78 is 5.15. The Bertz CT molecular complexity index is 923. The maximum Gasteiger partial charge on any atom is 0.277 e. The number of benzene rings is 2. The summed E-state index contributed by atoms with van der Waals surface area (Å²) in [5, 5.41) is 17.5. The standard InChI is InChI=1S/C16H10ClN3O4/c17-13-7-2-1-6-12(13)15-9-14(19-24-15)16(21)18-10-4-3-5-11(8-10)20(22)23/h1-9H,(H,18,21). The van der Waals surface area contributed by atoms with E-state index in [1.807, 2.05) is 0 Å². The number of halogens is 1. The van der Waals surface area contributed by atoms with Gasteiger partial charge in [0, 0.05) is 29.4 Å². The molecule has 1 amide bonds. The number of hydrogen-bond acceptors (Lipinski definition) is 5. The number of carbonyl (C=O) groups is 1. The van der Waals surface area contributed by atoms with Gasteiger partial charge in [-0.05, 0) is 18.2 Å². The molecule has 7 nitrogen and oxygen atoms in total. The van der Waals surface area contributed by atoms with E-state index in [-0.39, 0.29) is 17.1 Å². The molecule has 3 aromatic rings. The smallest absolute Gasteiger partial charge is 0.277 e. The first-order chi connectivity index (χ1) is 11.5. The van der Waals surface area contributed by atoms with Crippen LogP contribution < -0.4 is 5.32 Å². The molecule has 0 aliphatic carbocycles. The van der Waals surface area contributed by atoms with E-state index in [4.69, 9.17) is 16.1 Å². The van der Waals surface area contributed by atoms with Crippen molar-refractivity contribution in [2.45, 2.75) is 0 Å². The van der Waals surface area contributed by atoms with Crippen LogP contribution in [0.15, 0.2) is 59.1 Å². The molecule has 2 aromatic carbocycles. The van der Waals surface area contributed by atoms with Gasteiger partial charge in [0.15, 0.2) is 11.5 Å². The number of amides is 1. The number of anilines is 1. The van der Waals surface area contributed by atoms with Crippen molar-refractivity contribution in [3.8, 4) is 11.3 Å². The van der Waals surface area contributed by atoms with E-state index in [2.05, 4.69) is 10.5 Å². The first kappa shape index (κ1) is 15.7. The molecule has 24 heavy (non-hydrogen) atoms. The van der Waals surface area contributed by atoms with Crippen LogP contribution in [-0.4, -0.2) is 16.0 Å². The number of nitrogens with one attached hydrogen (secondary N) is 1. The van der Waals surface area contributed by atoms with E-state index in [1.165, 1.54) is 24.3 Å². The molecule has 0 fully saturated rings. The highest BCUT2D eigenvalue weighted by Gasteiger charge is 2.16. The molecule has 8 heteroatoms. The molecule has 0 bridgehead atoms. The summed E-state index contributed by atoms with van der Waals surface area (Å²) >= 11 is 6.07. The van der Waals surface area contributed by atoms with Gasteiger partial charge in [0.2, 0.25) is 0 Å². The van der Waals surface area contributed by atoms with Crippen molar-refractivity contribution in [2.24, 2.45) is 0 Å². The third-order valence-corrected chi connectivity index (χ3v) is 3.53. The Labute approximate surface area is 141 Å². The first-order valence-electron chi connectivity index (χ1n) is 6.82. The number of hydrogen-bond donors (Lipinski definition) is 1. The molecule has 0 unspecified atom stereocenters. The minimum Gasteiger partial charge on any atom is -0.355 e. The van der Waals surface area contributed by atoms with Crippen molar-refractivity contribution in [2.75, 3.05) is 5.32 Å². The molecule has 0 atom stereocenters. The largest absolute Gasteiger partial charge is 0.355 e. The number of aromatic nitrogens is 1. The van der Waals surface area contributed by atoms with Crippen LogP contribution in [0.4, 0.5) is 11.4 Å². The summed E-state index contributed by atoms with van der Waals surface area (Å²) in [5.41, 5.74) is 0.818. The van der Waals surface area contributed by atoms with Crippen molar-refractivity contribution < 1.29 is 14.2 Å². The Morgan fingerprint density at radius 2 is 1.96 bits per heavy atom. The summed E-state index contributed by atoms with van der Waals surface area (Å²) in [6.45, 7) is 0. The summed E-state index contributed by atoms with van der Waals surface area (Å²) in [7, 11) is 0. The van der Waals surface area contributed by atoms with E-state index in [0.717, 1.165) is 0 Å². The molecule has 0 aliphatic heterocycles. The van der Waals surface area contributed by atoms with Gasteiger partial charge in [-0.3, -0.25) is 14.9 Å². The van der Waals surface area contributed by atoms with Gasteiger partial charge in [0.1, 0.15) is 0 Å². The van der Waals surface area contributed by atoms with Crippen LogP contribution in [-0.2, 0) is 0 Å². The second-order valence-corrected chi connectivity index (χ2v) is 5.23. The zero-order valence-electron chi connectivity index (χ0n) is 12.1. The third kappa shape index (κ3) is 3.26. The Hall–Kier alpha value is -3.19. The van der Waals surface area contributed by atoms with Gasteiger partial charge in [-0.2, -0.15) is 0 Å². The maximum atomic E-state index is 12.2. The molecule has 0 saturated heterocycles. The van der Waals surface area contributed by atoms with E-state index in [0.29, 0.717) is 16.3 Å². The summed E-state index contributed by atoms with van der Waals surface area (Å²) in [6, 6.07) is 14.1. The van der Waals surface area contributed by atoms with Gasteiger partial charge < -0.3 is 9.84 Å². The molecule has 0 spiro atoms. The number of non-ortho nitro benzene ring substituents is 1. The molecular formula is C16H10ClN3O4. The summed E-state index contributed by atoms with van der Waals surface area (Å²) in [6.07, 6.45) is 0. The van der Waals surface area contributed by atoms with Crippen LogP contribution >= 0.6 is 11.6 Å². The minimum atomic E-state index is -0.544. The Balaban J connectivity index is 1.81. The molecule has 120 valence electrons. The Morgan fingerprint density at radius 3 is 2.71 bits per heavy atom. The Morgan fingerprint density at radius 1 is 1.17 bits per heavy atom. The van der Waals surface area contributed by atoms with Crippen molar-refractivity contribution in [3.05, 3.63) is 75.4 Å². The SMILES string of the molecule is O=C(Nc1cccc([N+](=O)[O-])c1)c1cc(-c2ccccc2Cl)on1. The number of nitrogens with zero attached hydrogens (tertiary/aromatic N) is 2. The van der Waals surface area contributed by atoms with Crippen molar-refractivity contribution >= 4 is 28.9 Å². The van der Waals surface area contributed by atoms with Gasteiger partial charge in [-0.25, -0.2) is 0 Å². The predicted molar refractivity (Wildman–Crippen MR) is 88.0 cm³/mol. The molecule has 0 radical (unpaired) electrons. The third-order valence-electron chi connectivity index (χ3n) is 3.20. The van der Waals surface area contributed by atoms with Crippen LogP contribution in [0.2, 0.25) is 5.02 Å². The lowest BCUT2D eigenvalue weighted by atomic mass is 10.1. The van der Waals surface area contributed by atoms with Gasteiger partial charge in [0.05, 0.1) is 9.95 Å². The molecule has 1 heterocycles. The second kappa shape index (κ2) is 6.51. The minimum absolute atomic E-state index is 0.0384. The number of nitro benzene ring substituents is 1. The van der Waals surface area contributed by atoms with Gasteiger partial charge in [-0.1, -0.05) is 35.0 Å². The van der Waals surface area contributed by atoms with Crippen LogP contribution in [0.3, 0.4) is 0 Å².